The number of nitrogens with two attached hydrogens (primary N) is 2. The summed E-state index contributed by atoms with van der Waals surface area (Å²) in [5.74, 6) is 4.62. The molecule has 3 fully saturated rings. The summed E-state index contributed by atoms with van der Waals surface area (Å²) >= 11 is 0. The third kappa shape index (κ3) is 14.4. The predicted octanol–water partition coefficient (Wildman–Crippen LogP) is 9.19. The molecule has 3 aliphatic carbocycles. The summed E-state index contributed by atoms with van der Waals surface area (Å²) in [5, 5.41) is 19.2. The zero-order valence-corrected chi connectivity index (χ0v) is 56.1. The molecule has 0 amide bonds. The second-order valence-electron chi connectivity index (χ2n) is 24.9. The fraction of sp³-hybridized carbons (Fsp3) is 0.307. The Balaban J connectivity index is 0.000000127. The molecular weight excluding hydrogens is 1240 g/mol. The highest BCUT2D eigenvalue weighted by Crippen LogP contribution is 2.48. The lowest BCUT2D eigenvalue weighted by atomic mass is 10.0. The quantitative estimate of drug-likeness (QED) is 0.0535. The summed E-state index contributed by atoms with van der Waals surface area (Å²) < 4.78 is 18.1. The molecule has 99 heavy (non-hydrogen) atoms. The molecule has 504 valence electrons. The Morgan fingerprint density at radius 3 is 1.21 bits per heavy atom. The van der Waals surface area contributed by atoms with Gasteiger partial charge in [-0.15, -0.1) is 0 Å². The van der Waals surface area contributed by atoms with Crippen LogP contribution in [-0.4, -0.2) is 185 Å². The highest BCUT2D eigenvalue weighted by Gasteiger charge is 2.35. The molecule has 0 radical (unpaired) electrons. The molecule has 0 unspecified atom stereocenters. The molecule has 6 aliphatic rings. The number of fused-ring (bicyclic) bond motifs is 9. The first-order valence-electron chi connectivity index (χ1n) is 33.9. The molecule has 7 N–H and O–H groups in total. The van der Waals surface area contributed by atoms with Crippen molar-refractivity contribution in [1.29, 1.82) is 5.26 Å². The molecule has 3 saturated heterocycles. The van der Waals surface area contributed by atoms with E-state index >= 15 is 0 Å². The fourth-order valence-corrected chi connectivity index (χ4v) is 14.0. The Morgan fingerprint density at radius 1 is 0.434 bits per heavy atom. The lowest BCUT2D eigenvalue weighted by molar-refractivity contribution is 0.246. The van der Waals surface area contributed by atoms with Gasteiger partial charge in [0, 0.05) is 204 Å². The average Bonchev–Trinajstić information content (AvgIpc) is 1.63. The highest BCUT2D eigenvalue weighted by molar-refractivity contribution is 5.90. The number of rotatable bonds is 18. The van der Waals surface area contributed by atoms with Gasteiger partial charge in [0.2, 0.25) is 0 Å². The second kappa shape index (κ2) is 30.2. The van der Waals surface area contributed by atoms with Crippen LogP contribution in [0.2, 0.25) is 0 Å². The number of piperazine rings is 3. The van der Waals surface area contributed by atoms with Crippen LogP contribution in [-0.2, 0) is 25.8 Å². The van der Waals surface area contributed by atoms with Crippen LogP contribution in [0.5, 0.6) is 35.3 Å². The van der Waals surface area contributed by atoms with Crippen LogP contribution < -0.4 is 56.3 Å². The van der Waals surface area contributed by atoms with Gasteiger partial charge in [-0.05, 0) is 106 Å². The second-order valence-corrected chi connectivity index (χ2v) is 24.9. The first kappa shape index (κ1) is 65.4. The predicted molar refractivity (Wildman–Crippen MR) is 386 cm³/mol. The summed E-state index contributed by atoms with van der Waals surface area (Å²) in [6.07, 6.45) is 10.9. The fourth-order valence-electron chi connectivity index (χ4n) is 14.0. The van der Waals surface area contributed by atoms with Crippen LogP contribution in [0.3, 0.4) is 0 Å². The standard InChI is InChI=1S/C27H27N7O.C25H27N7O.C23H27N7O/c1-28-23-9-4-8-21-22(23)16-24-25(21)26(32-27(31-24)35-20-7-5-10-29-17-20)34-14-12-33(13-15-34)18-19-6-2-3-11-30-19;1-28-21-7-3-6-19-20(21)15-22-23(19)24(32-12-10-31(9-8-26)11-13-32)30-25(29-22)33-18-5-2-4-17(14-18)16-27;1-25-19-6-2-5-17-18(19)14-20-21(17)22(30-12-10-29(9-7-24)11-13-30)28-23(27-20)31-16-4-3-8-26-15-16/h2-11,17,28H,12-16,18H2,1H3;2-7,14,28H,8-13,15,26H2,1H3;2-6,8,15,25H,7,9-14,24H2,1H3. The molecule has 9 heterocycles. The van der Waals surface area contributed by atoms with Gasteiger partial charge in [-0.2, -0.15) is 35.2 Å². The average molecular weight is 1320 g/mol. The maximum atomic E-state index is 9.22. The van der Waals surface area contributed by atoms with Gasteiger partial charge in [-0.25, -0.2) is 0 Å². The lowest BCUT2D eigenvalue weighted by Crippen LogP contribution is -2.48. The molecular formula is C75H81N21O3. The van der Waals surface area contributed by atoms with Crippen molar-refractivity contribution in [2.45, 2.75) is 25.8 Å². The molecule has 0 saturated carbocycles. The van der Waals surface area contributed by atoms with E-state index in [-0.39, 0.29) is 0 Å². The van der Waals surface area contributed by atoms with E-state index in [9.17, 15) is 5.26 Å². The van der Waals surface area contributed by atoms with Crippen molar-refractivity contribution in [3.05, 3.63) is 197 Å². The molecule has 6 aromatic heterocycles. The van der Waals surface area contributed by atoms with Crippen molar-refractivity contribution < 1.29 is 14.2 Å². The van der Waals surface area contributed by atoms with Crippen molar-refractivity contribution >= 4 is 34.5 Å². The number of anilines is 6. The van der Waals surface area contributed by atoms with Crippen LogP contribution >= 0.6 is 0 Å². The van der Waals surface area contributed by atoms with Crippen molar-refractivity contribution in [2.75, 3.05) is 157 Å². The van der Waals surface area contributed by atoms with Gasteiger partial charge in [0.25, 0.3) is 0 Å². The first-order valence-corrected chi connectivity index (χ1v) is 33.9. The molecule has 3 aliphatic heterocycles. The Hall–Kier alpha value is -10.9. The summed E-state index contributed by atoms with van der Waals surface area (Å²) in [4.78, 5) is 56.2. The number of nitrogens with one attached hydrogen (secondary N) is 3. The number of hydrogen-bond acceptors (Lipinski definition) is 24. The van der Waals surface area contributed by atoms with Gasteiger partial charge in [0.05, 0.1) is 46.8 Å². The van der Waals surface area contributed by atoms with E-state index < -0.39 is 0 Å². The van der Waals surface area contributed by atoms with Crippen LogP contribution in [0, 0.1) is 11.3 Å². The van der Waals surface area contributed by atoms with Gasteiger partial charge in [-0.3, -0.25) is 29.7 Å². The van der Waals surface area contributed by atoms with E-state index in [1.807, 2.05) is 69.8 Å². The lowest BCUT2D eigenvalue weighted by Gasteiger charge is -2.36. The normalized spacial score (nSPS) is 15.1. The first-order chi connectivity index (χ1) is 48.7. The summed E-state index contributed by atoms with van der Waals surface area (Å²) in [6.45, 7) is 15.1. The van der Waals surface area contributed by atoms with Gasteiger partial charge in [-0.1, -0.05) is 48.5 Å². The number of nitriles is 1. The van der Waals surface area contributed by atoms with E-state index in [0.29, 0.717) is 53.9 Å². The molecule has 4 aromatic carbocycles. The van der Waals surface area contributed by atoms with Crippen LogP contribution in [0.15, 0.2) is 152 Å². The Morgan fingerprint density at radius 2 is 0.838 bits per heavy atom. The van der Waals surface area contributed by atoms with E-state index in [1.165, 1.54) is 33.4 Å². The smallest absolute Gasteiger partial charge is 0.324 e. The molecule has 0 atom stereocenters. The minimum atomic E-state index is 0.307. The largest absolute Gasteiger partial charge is 0.424 e. The van der Waals surface area contributed by atoms with Crippen molar-refractivity contribution in [3.8, 4) is 74.7 Å². The Kier molecular flexibility index (Phi) is 20.0. The summed E-state index contributed by atoms with van der Waals surface area (Å²) in [6, 6.07) is 42.8. The third-order valence-electron chi connectivity index (χ3n) is 18.9. The monoisotopic (exact) mass is 1320 g/mol. The Labute approximate surface area is 576 Å². The van der Waals surface area contributed by atoms with Gasteiger partial charge in [0.15, 0.2) is 0 Å². The van der Waals surface area contributed by atoms with E-state index in [0.717, 1.165) is 191 Å². The SMILES string of the molecule is CNc1cccc2c1Cc1nc(Oc3cccc(C#N)c3)nc(N3CCN(CCN)CC3)c1-2.CNc1cccc2c1Cc1nc(Oc3cccnc3)nc(N3CCN(CCN)CC3)c1-2.CNc1cccc2c1Cc1nc(Oc3cccnc3)nc(N3CCN(Cc4ccccn4)CC3)c1-2. The highest BCUT2D eigenvalue weighted by atomic mass is 16.5. The van der Waals surface area contributed by atoms with Crippen molar-refractivity contribution in [2.24, 2.45) is 11.5 Å². The molecule has 16 rings (SSSR count). The number of benzene rings is 4. The molecule has 24 heteroatoms. The molecule has 10 aromatic rings. The summed E-state index contributed by atoms with van der Waals surface area (Å²) in [5.41, 5.74) is 30.1. The van der Waals surface area contributed by atoms with Crippen LogP contribution in [0.25, 0.3) is 33.4 Å². The topological polar surface area (TPSA) is 275 Å². The molecule has 0 spiro atoms. The maximum Gasteiger partial charge on any atom is 0.324 e. The van der Waals surface area contributed by atoms with E-state index in [1.54, 1.807) is 43.0 Å². The van der Waals surface area contributed by atoms with Crippen LogP contribution in [0.4, 0.5) is 34.5 Å². The van der Waals surface area contributed by atoms with E-state index in [2.05, 4.69) is 127 Å². The van der Waals surface area contributed by atoms with E-state index in [4.69, 9.17) is 55.6 Å². The van der Waals surface area contributed by atoms with Gasteiger partial charge in [0.1, 0.15) is 34.7 Å². The number of hydrogen-bond donors (Lipinski definition) is 5. The third-order valence-corrected chi connectivity index (χ3v) is 18.9. The Bertz CT molecular complexity index is 4500. The van der Waals surface area contributed by atoms with Gasteiger partial charge < -0.3 is 56.3 Å². The minimum absolute atomic E-state index is 0.307. The molecule has 24 nitrogen and oxygen atoms in total. The number of pyridine rings is 3. The van der Waals surface area contributed by atoms with Crippen molar-refractivity contribution in [1.82, 2.24) is 59.6 Å². The van der Waals surface area contributed by atoms with Crippen LogP contribution in [0.1, 0.15) is 45.0 Å². The van der Waals surface area contributed by atoms with Gasteiger partial charge >= 0.3 is 18.0 Å². The summed E-state index contributed by atoms with van der Waals surface area (Å²) in [7, 11) is 5.86. The van der Waals surface area contributed by atoms with Crippen molar-refractivity contribution in [3.63, 3.8) is 0 Å². The maximum absolute atomic E-state index is 9.22. The zero-order valence-electron chi connectivity index (χ0n) is 56.1. The molecule has 0 bridgehead atoms. The number of aromatic nitrogens is 9. The minimum Gasteiger partial charge on any atom is -0.424 e. The number of nitrogens with zero attached hydrogens (tertiary/aromatic N) is 16. The zero-order chi connectivity index (χ0) is 67.6. The number of ether oxygens (including phenoxy) is 3.